The van der Waals surface area contributed by atoms with Gasteiger partial charge in [0.15, 0.2) is 0 Å². The Morgan fingerprint density at radius 2 is 1.73 bits per heavy atom. The minimum Gasteiger partial charge on any atom is -0.496 e. The van der Waals surface area contributed by atoms with Gasteiger partial charge in [0.2, 0.25) is 10.0 Å². The summed E-state index contributed by atoms with van der Waals surface area (Å²) >= 11 is 0. The van der Waals surface area contributed by atoms with E-state index in [4.69, 9.17) is 9.47 Å². The number of hydrogen-bond acceptors (Lipinski definition) is 6. The molecule has 0 aromatic heterocycles. The highest BCUT2D eigenvalue weighted by Gasteiger charge is 2.28. The first-order valence-corrected chi connectivity index (χ1v) is 8.08. The van der Waals surface area contributed by atoms with Gasteiger partial charge in [0, 0.05) is 19.7 Å². The van der Waals surface area contributed by atoms with Crippen LogP contribution in [0.5, 0.6) is 11.5 Å². The number of sulfonamides is 1. The van der Waals surface area contributed by atoms with Crippen LogP contribution in [0.1, 0.15) is 23.7 Å². The van der Waals surface area contributed by atoms with Gasteiger partial charge >= 0.3 is 5.97 Å². The van der Waals surface area contributed by atoms with Crippen molar-refractivity contribution in [3.05, 3.63) is 17.7 Å². The number of nitrogens with zero attached hydrogens (tertiary/aromatic N) is 1. The number of methoxy groups -OCH3 is 3. The van der Waals surface area contributed by atoms with Crippen LogP contribution in [0.15, 0.2) is 17.0 Å². The molecule has 1 aromatic rings. The van der Waals surface area contributed by atoms with Gasteiger partial charge in [-0.05, 0) is 12.5 Å². The molecule has 0 saturated carbocycles. The molecule has 0 N–H and O–H groups in total. The van der Waals surface area contributed by atoms with Crippen molar-refractivity contribution in [3.8, 4) is 11.5 Å². The highest BCUT2D eigenvalue weighted by molar-refractivity contribution is 7.89. The molecule has 0 spiro atoms. The normalized spacial score (nSPS) is 11.4. The third-order valence-corrected chi connectivity index (χ3v) is 5.00. The summed E-state index contributed by atoms with van der Waals surface area (Å²) in [6, 6.07) is 2.57. The van der Waals surface area contributed by atoms with Crippen molar-refractivity contribution in [1.29, 1.82) is 0 Å². The predicted molar refractivity (Wildman–Crippen MR) is 81.0 cm³/mol. The smallest absolute Gasteiger partial charge is 0.341 e. The van der Waals surface area contributed by atoms with Gasteiger partial charge in [-0.15, -0.1) is 0 Å². The average Bonchev–Trinajstić information content (AvgIpc) is 2.52. The average molecular weight is 331 g/mol. The molecule has 0 aliphatic heterocycles. The van der Waals surface area contributed by atoms with Crippen LogP contribution in [-0.4, -0.2) is 53.6 Å². The van der Waals surface area contributed by atoms with Gasteiger partial charge in [-0.3, -0.25) is 0 Å². The maximum absolute atomic E-state index is 12.6. The minimum absolute atomic E-state index is 0.0225. The van der Waals surface area contributed by atoms with E-state index in [0.717, 1.165) is 0 Å². The summed E-state index contributed by atoms with van der Waals surface area (Å²) in [4.78, 5) is 11.7. The van der Waals surface area contributed by atoms with Crippen LogP contribution in [0.4, 0.5) is 0 Å². The lowest BCUT2D eigenvalue weighted by Gasteiger charge is -2.19. The quantitative estimate of drug-likeness (QED) is 0.705. The number of carbonyl (C=O) groups is 1. The summed E-state index contributed by atoms with van der Waals surface area (Å²) in [5.41, 5.74) is 0.0225. The second kappa shape index (κ2) is 7.46. The number of hydrogen-bond donors (Lipinski definition) is 0. The molecule has 0 fully saturated rings. The van der Waals surface area contributed by atoms with Crippen LogP contribution in [0.25, 0.3) is 0 Å². The molecular weight excluding hydrogens is 310 g/mol. The Kier molecular flexibility index (Phi) is 6.19. The van der Waals surface area contributed by atoms with E-state index in [1.54, 1.807) is 0 Å². The first-order valence-electron chi connectivity index (χ1n) is 6.64. The SMILES string of the molecule is CCCN(C)S(=O)(=O)c1cc(C(=O)OC)c(OC)cc1OC. The zero-order valence-electron chi connectivity index (χ0n) is 13.4. The maximum Gasteiger partial charge on any atom is 0.341 e. The van der Waals surface area contributed by atoms with Crippen LogP contribution in [-0.2, 0) is 14.8 Å². The van der Waals surface area contributed by atoms with Crippen LogP contribution >= 0.6 is 0 Å². The molecule has 1 rings (SSSR count). The van der Waals surface area contributed by atoms with E-state index in [1.165, 1.54) is 44.8 Å². The number of carbonyl (C=O) groups excluding carboxylic acids is 1. The van der Waals surface area contributed by atoms with Crippen molar-refractivity contribution >= 4 is 16.0 Å². The maximum atomic E-state index is 12.6. The molecule has 0 aliphatic rings. The zero-order chi connectivity index (χ0) is 16.9. The fourth-order valence-electron chi connectivity index (χ4n) is 1.94. The van der Waals surface area contributed by atoms with Gasteiger partial charge in [-0.25, -0.2) is 17.5 Å². The van der Waals surface area contributed by atoms with Crippen LogP contribution in [0, 0.1) is 0 Å². The molecule has 22 heavy (non-hydrogen) atoms. The van der Waals surface area contributed by atoms with E-state index < -0.39 is 16.0 Å². The fourth-order valence-corrected chi connectivity index (χ4v) is 3.37. The molecule has 0 radical (unpaired) electrons. The molecule has 7 nitrogen and oxygen atoms in total. The van der Waals surface area contributed by atoms with E-state index in [2.05, 4.69) is 4.74 Å². The van der Waals surface area contributed by atoms with E-state index in [0.29, 0.717) is 13.0 Å². The molecule has 0 bridgehead atoms. The molecule has 8 heteroatoms. The van der Waals surface area contributed by atoms with Gasteiger partial charge in [0.25, 0.3) is 0 Å². The van der Waals surface area contributed by atoms with Gasteiger partial charge in [-0.1, -0.05) is 6.92 Å². The topological polar surface area (TPSA) is 82.1 Å². The standard InChI is InChI=1S/C14H21NO6S/c1-6-7-15(2)22(17,18)13-8-10(14(16)21-5)11(19-3)9-12(13)20-4/h8-9H,6-7H2,1-5H3. The fraction of sp³-hybridized carbons (Fsp3) is 0.500. The minimum atomic E-state index is -3.79. The number of ether oxygens (including phenoxy) is 3. The van der Waals surface area contributed by atoms with Gasteiger partial charge in [0.1, 0.15) is 22.0 Å². The summed E-state index contributed by atoms with van der Waals surface area (Å²) in [6.45, 7) is 2.22. The molecule has 0 amide bonds. The van der Waals surface area contributed by atoms with Crippen LogP contribution in [0.2, 0.25) is 0 Å². The Balaban J connectivity index is 3.56. The molecular formula is C14H21NO6S. The first kappa shape index (κ1) is 18.2. The molecule has 0 heterocycles. The highest BCUT2D eigenvalue weighted by atomic mass is 32.2. The van der Waals surface area contributed by atoms with Crippen molar-refractivity contribution in [1.82, 2.24) is 4.31 Å². The molecule has 124 valence electrons. The summed E-state index contributed by atoms with van der Waals surface area (Å²) in [7, 11) is 1.62. The Morgan fingerprint density at radius 3 is 2.18 bits per heavy atom. The lowest BCUT2D eigenvalue weighted by atomic mass is 10.2. The largest absolute Gasteiger partial charge is 0.496 e. The van der Waals surface area contributed by atoms with Crippen LogP contribution in [0.3, 0.4) is 0 Å². The Labute approximate surface area is 130 Å². The lowest BCUT2D eigenvalue weighted by molar-refractivity contribution is 0.0596. The number of esters is 1. The lowest BCUT2D eigenvalue weighted by Crippen LogP contribution is -2.28. The van der Waals surface area contributed by atoms with Crippen molar-refractivity contribution in [2.75, 3.05) is 34.9 Å². The van der Waals surface area contributed by atoms with E-state index in [-0.39, 0.29) is 22.0 Å². The molecule has 0 atom stereocenters. The van der Waals surface area contributed by atoms with Crippen molar-refractivity contribution in [3.63, 3.8) is 0 Å². The van der Waals surface area contributed by atoms with E-state index >= 15 is 0 Å². The van der Waals surface area contributed by atoms with E-state index in [1.807, 2.05) is 6.92 Å². The predicted octanol–water partition coefficient (Wildman–Crippen LogP) is 1.52. The number of benzene rings is 1. The highest BCUT2D eigenvalue weighted by Crippen LogP contribution is 2.34. The Morgan fingerprint density at radius 1 is 1.14 bits per heavy atom. The van der Waals surface area contributed by atoms with Crippen molar-refractivity contribution in [2.24, 2.45) is 0 Å². The monoisotopic (exact) mass is 331 g/mol. The second-order valence-electron chi connectivity index (χ2n) is 4.52. The summed E-state index contributed by atoms with van der Waals surface area (Å²) in [5, 5.41) is 0. The molecule has 0 aliphatic carbocycles. The van der Waals surface area contributed by atoms with E-state index in [9.17, 15) is 13.2 Å². The second-order valence-corrected chi connectivity index (χ2v) is 6.53. The van der Waals surface area contributed by atoms with Crippen LogP contribution < -0.4 is 9.47 Å². The van der Waals surface area contributed by atoms with Crippen molar-refractivity contribution < 1.29 is 27.4 Å². The Hall–Kier alpha value is -1.80. The summed E-state index contributed by atoms with van der Waals surface area (Å²) in [5.74, 6) is -0.401. The number of rotatable bonds is 7. The van der Waals surface area contributed by atoms with Gasteiger partial charge in [0.05, 0.1) is 21.3 Å². The molecule has 0 saturated heterocycles. The third kappa shape index (κ3) is 3.50. The van der Waals surface area contributed by atoms with Crippen molar-refractivity contribution in [2.45, 2.75) is 18.2 Å². The third-order valence-electron chi connectivity index (χ3n) is 3.12. The van der Waals surface area contributed by atoms with Gasteiger partial charge in [-0.2, -0.15) is 0 Å². The zero-order valence-corrected chi connectivity index (χ0v) is 14.2. The molecule has 0 unspecified atom stereocenters. The molecule has 1 aromatic carbocycles. The summed E-state index contributed by atoms with van der Waals surface area (Å²) < 4.78 is 41.3. The van der Waals surface area contributed by atoms with Gasteiger partial charge < -0.3 is 14.2 Å². The first-order chi connectivity index (χ1) is 10.3. The Bertz CT molecular complexity index is 641. The summed E-state index contributed by atoms with van der Waals surface area (Å²) in [6.07, 6.45) is 0.665.